The summed E-state index contributed by atoms with van der Waals surface area (Å²) in [6.07, 6.45) is 1.67. The lowest BCUT2D eigenvalue weighted by Crippen LogP contribution is -2.46. The summed E-state index contributed by atoms with van der Waals surface area (Å²) in [4.78, 5) is 33.3. The van der Waals surface area contributed by atoms with Gasteiger partial charge in [0.15, 0.2) is 0 Å². The number of hydrogen-bond acceptors (Lipinski definition) is 6. The van der Waals surface area contributed by atoms with Crippen molar-refractivity contribution in [1.29, 1.82) is 0 Å². The van der Waals surface area contributed by atoms with Crippen molar-refractivity contribution in [3.8, 4) is 0 Å². The third kappa shape index (κ3) is 4.86. The van der Waals surface area contributed by atoms with Gasteiger partial charge in [0.25, 0.3) is 5.91 Å². The summed E-state index contributed by atoms with van der Waals surface area (Å²) >= 11 is 0. The maximum absolute atomic E-state index is 12.6. The van der Waals surface area contributed by atoms with Gasteiger partial charge in [-0.15, -0.1) is 0 Å². The van der Waals surface area contributed by atoms with Gasteiger partial charge in [0.05, 0.1) is 12.2 Å². The highest BCUT2D eigenvalue weighted by Crippen LogP contribution is 2.17. The van der Waals surface area contributed by atoms with Gasteiger partial charge in [-0.05, 0) is 49.9 Å². The fraction of sp³-hybridized carbons (Fsp3) is 0.381. The minimum atomic E-state index is -0.373. The van der Waals surface area contributed by atoms with E-state index < -0.39 is 0 Å². The summed E-state index contributed by atoms with van der Waals surface area (Å²) in [5.74, 6) is 0.239. The summed E-state index contributed by atoms with van der Waals surface area (Å²) in [6, 6.07) is 10.2. The van der Waals surface area contributed by atoms with Crippen molar-refractivity contribution in [3.63, 3.8) is 0 Å². The van der Waals surface area contributed by atoms with Gasteiger partial charge >= 0.3 is 5.97 Å². The Morgan fingerprint density at radius 1 is 1.04 bits per heavy atom. The van der Waals surface area contributed by atoms with E-state index in [9.17, 15) is 9.59 Å². The van der Waals surface area contributed by atoms with Crippen molar-refractivity contribution >= 4 is 23.4 Å². The molecule has 0 bridgehead atoms. The number of nitrogens with zero attached hydrogens (tertiary/aromatic N) is 3. The molecule has 2 aromatic rings. The molecular formula is C21H26N4O3. The Balaban J connectivity index is 1.64. The third-order valence-corrected chi connectivity index (χ3v) is 4.81. The molecule has 0 spiro atoms. The van der Waals surface area contributed by atoms with E-state index in [0.717, 1.165) is 38.5 Å². The van der Waals surface area contributed by atoms with Gasteiger partial charge in [0.1, 0.15) is 5.82 Å². The van der Waals surface area contributed by atoms with Gasteiger partial charge < -0.3 is 19.9 Å². The fourth-order valence-electron chi connectivity index (χ4n) is 3.13. The lowest BCUT2D eigenvalue weighted by atomic mass is 10.2. The number of piperazine rings is 1. The van der Waals surface area contributed by atoms with Crippen LogP contribution >= 0.6 is 0 Å². The van der Waals surface area contributed by atoms with Gasteiger partial charge in [-0.3, -0.25) is 4.79 Å². The molecule has 0 atom stereocenters. The van der Waals surface area contributed by atoms with Crippen LogP contribution in [0.2, 0.25) is 0 Å². The summed E-state index contributed by atoms with van der Waals surface area (Å²) in [5.41, 5.74) is 1.63. The highest BCUT2D eigenvalue weighted by atomic mass is 16.5. The standard InChI is InChI=1S/C21H26N4O3/c1-3-24-11-13-25(14-12-24)19-15-17(9-10-22-19)20(26)23-18-7-5-16(6-8-18)21(27)28-4-2/h5-10,15H,3-4,11-14H2,1-2H3,(H,23,26). The number of esters is 1. The number of nitrogens with one attached hydrogen (secondary N) is 1. The number of hydrogen-bond donors (Lipinski definition) is 1. The first kappa shape index (κ1) is 19.8. The summed E-state index contributed by atoms with van der Waals surface area (Å²) in [7, 11) is 0. The third-order valence-electron chi connectivity index (χ3n) is 4.81. The SMILES string of the molecule is CCOC(=O)c1ccc(NC(=O)c2ccnc(N3CCN(CC)CC3)c2)cc1. The Hall–Kier alpha value is -2.93. The molecule has 28 heavy (non-hydrogen) atoms. The maximum atomic E-state index is 12.6. The van der Waals surface area contributed by atoms with Crippen molar-refractivity contribution in [3.05, 3.63) is 53.7 Å². The van der Waals surface area contributed by atoms with E-state index in [4.69, 9.17) is 4.74 Å². The van der Waals surface area contributed by atoms with Crippen molar-refractivity contribution in [2.75, 3.05) is 49.5 Å². The van der Waals surface area contributed by atoms with Crippen LogP contribution in [0.4, 0.5) is 11.5 Å². The van der Waals surface area contributed by atoms with Crippen LogP contribution in [0, 0.1) is 0 Å². The second kappa shape index (κ2) is 9.32. The maximum Gasteiger partial charge on any atom is 0.338 e. The monoisotopic (exact) mass is 382 g/mol. The number of benzene rings is 1. The zero-order valence-corrected chi connectivity index (χ0v) is 16.4. The van der Waals surface area contributed by atoms with Gasteiger partial charge in [-0.2, -0.15) is 0 Å². The lowest BCUT2D eigenvalue weighted by molar-refractivity contribution is 0.0526. The van der Waals surface area contributed by atoms with E-state index in [1.165, 1.54) is 0 Å². The number of carbonyl (C=O) groups excluding carboxylic acids is 2. The van der Waals surface area contributed by atoms with E-state index in [-0.39, 0.29) is 11.9 Å². The van der Waals surface area contributed by atoms with E-state index in [1.807, 2.05) is 6.07 Å². The Labute approximate surface area is 165 Å². The van der Waals surface area contributed by atoms with Crippen molar-refractivity contribution in [2.45, 2.75) is 13.8 Å². The number of pyridine rings is 1. The van der Waals surface area contributed by atoms with Crippen LogP contribution in [0.25, 0.3) is 0 Å². The molecule has 1 N–H and O–H groups in total. The number of rotatable bonds is 6. The molecule has 148 valence electrons. The average molecular weight is 382 g/mol. The Bertz CT molecular complexity index is 815. The van der Waals surface area contributed by atoms with Crippen LogP contribution < -0.4 is 10.2 Å². The normalized spacial score (nSPS) is 14.6. The van der Waals surface area contributed by atoms with E-state index in [2.05, 4.69) is 27.0 Å². The van der Waals surface area contributed by atoms with Crippen molar-refractivity contribution < 1.29 is 14.3 Å². The number of carbonyl (C=O) groups is 2. The highest BCUT2D eigenvalue weighted by Gasteiger charge is 2.18. The molecule has 1 saturated heterocycles. The van der Waals surface area contributed by atoms with E-state index in [1.54, 1.807) is 43.5 Å². The van der Waals surface area contributed by atoms with E-state index >= 15 is 0 Å². The second-order valence-electron chi connectivity index (χ2n) is 6.58. The predicted octanol–water partition coefficient (Wildman–Crippen LogP) is 2.65. The Morgan fingerprint density at radius 2 is 1.75 bits per heavy atom. The number of likely N-dealkylation sites (N-methyl/N-ethyl adjacent to an activating group) is 1. The molecule has 0 radical (unpaired) electrons. The minimum Gasteiger partial charge on any atom is -0.462 e. The Kier molecular flexibility index (Phi) is 6.60. The molecule has 1 fully saturated rings. The minimum absolute atomic E-state index is 0.209. The molecular weight excluding hydrogens is 356 g/mol. The van der Waals surface area contributed by atoms with Crippen LogP contribution in [-0.2, 0) is 4.74 Å². The number of anilines is 2. The van der Waals surface area contributed by atoms with E-state index in [0.29, 0.717) is 23.4 Å². The van der Waals surface area contributed by atoms with Crippen molar-refractivity contribution in [2.24, 2.45) is 0 Å². The molecule has 7 nitrogen and oxygen atoms in total. The highest BCUT2D eigenvalue weighted by molar-refractivity contribution is 6.04. The van der Waals surface area contributed by atoms with Gasteiger partial charge in [0.2, 0.25) is 0 Å². The molecule has 1 aromatic carbocycles. The van der Waals surface area contributed by atoms with Crippen LogP contribution in [0.15, 0.2) is 42.6 Å². The quantitative estimate of drug-likeness (QED) is 0.774. The zero-order valence-electron chi connectivity index (χ0n) is 16.4. The van der Waals surface area contributed by atoms with Gasteiger partial charge in [0, 0.05) is 43.6 Å². The number of ether oxygens (including phenoxy) is 1. The average Bonchev–Trinajstić information content (AvgIpc) is 2.74. The van der Waals surface area contributed by atoms with Crippen molar-refractivity contribution in [1.82, 2.24) is 9.88 Å². The fourth-order valence-corrected chi connectivity index (χ4v) is 3.13. The molecule has 1 aromatic heterocycles. The first-order chi connectivity index (χ1) is 13.6. The predicted molar refractivity (Wildman–Crippen MR) is 109 cm³/mol. The van der Waals surface area contributed by atoms with Crippen LogP contribution in [0.3, 0.4) is 0 Å². The summed E-state index contributed by atoms with van der Waals surface area (Å²) in [6.45, 7) is 9.12. The van der Waals surface area contributed by atoms with Crippen LogP contribution in [0.5, 0.6) is 0 Å². The summed E-state index contributed by atoms with van der Waals surface area (Å²) < 4.78 is 4.96. The largest absolute Gasteiger partial charge is 0.462 e. The molecule has 0 aliphatic carbocycles. The number of aromatic nitrogens is 1. The summed E-state index contributed by atoms with van der Waals surface area (Å²) in [5, 5.41) is 2.86. The first-order valence-electron chi connectivity index (χ1n) is 9.62. The second-order valence-corrected chi connectivity index (χ2v) is 6.58. The Morgan fingerprint density at radius 3 is 2.39 bits per heavy atom. The van der Waals surface area contributed by atoms with Crippen LogP contribution in [0.1, 0.15) is 34.6 Å². The molecule has 1 aliphatic rings. The van der Waals surface area contributed by atoms with Crippen LogP contribution in [-0.4, -0.2) is 61.1 Å². The molecule has 3 rings (SSSR count). The smallest absolute Gasteiger partial charge is 0.338 e. The molecule has 0 unspecified atom stereocenters. The molecule has 2 heterocycles. The van der Waals surface area contributed by atoms with Gasteiger partial charge in [-0.1, -0.05) is 6.92 Å². The van der Waals surface area contributed by atoms with Gasteiger partial charge in [-0.25, -0.2) is 9.78 Å². The topological polar surface area (TPSA) is 74.8 Å². The molecule has 1 aliphatic heterocycles. The zero-order chi connectivity index (χ0) is 19.9. The lowest BCUT2D eigenvalue weighted by Gasteiger charge is -2.34. The molecule has 7 heteroatoms. The first-order valence-corrected chi connectivity index (χ1v) is 9.62. The molecule has 1 amide bonds. The number of amides is 1. The molecule has 0 saturated carbocycles.